The number of H-pyrrole nitrogens is 1. The van der Waals surface area contributed by atoms with Gasteiger partial charge in [-0.1, -0.05) is 19.9 Å². The van der Waals surface area contributed by atoms with E-state index in [1.165, 1.54) is 22.8 Å². The van der Waals surface area contributed by atoms with Crippen LogP contribution >= 0.6 is 0 Å². The quantitative estimate of drug-likeness (QED) is 0.368. The number of fused-ring (bicyclic) bond motifs is 2. The number of likely N-dealkylation sites (tertiary alicyclic amines) is 1. The highest BCUT2D eigenvalue weighted by Crippen LogP contribution is 2.39. The lowest BCUT2D eigenvalue weighted by atomic mass is 9.87. The van der Waals surface area contributed by atoms with Crippen LogP contribution in [0, 0.1) is 0 Å². The van der Waals surface area contributed by atoms with E-state index in [4.69, 9.17) is 4.74 Å². The number of hydrogen-bond donors (Lipinski definition) is 2. The molecule has 0 unspecified atom stereocenters. The molecule has 0 bridgehead atoms. The minimum absolute atomic E-state index is 0.0692. The van der Waals surface area contributed by atoms with Gasteiger partial charge in [0.05, 0.1) is 18.6 Å². The van der Waals surface area contributed by atoms with Gasteiger partial charge in [-0.2, -0.15) is 5.10 Å². The Bertz CT molecular complexity index is 1490. The van der Waals surface area contributed by atoms with Crippen molar-refractivity contribution in [2.45, 2.75) is 44.9 Å². The molecule has 0 radical (unpaired) electrons. The number of piperidine rings is 1. The predicted molar refractivity (Wildman–Crippen MR) is 139 cm³/mol. The number of thiol groups is 1. The Balaban J connectivity index is 1.44. The minimum Gasteiger partial charge on any atom is -0.493 e. The van der Waals surface area contributed by atoms with Gasteiger partial charge in [-0.25, -0.2) is 17.9 Å². The molecule has 190 valence electrons. The Kier molecular flexibility index (Phi) is 6.70. The third-order valence-corrected chi connectivity index (χ3v) is 7.71. The van der Waals surface area contributed by atoms with E-state index in [0.717, 1.165) is 29.6 Å². The zero-order valence-corrected chi connectivity index (χ0v) is 21.6. The molecule has 1 saturated heterocycles. The van der Waals surface area contributed by atoms with Crippen molar-refractivity contribution in [3.63, 3.8) is 0 Å². The van der Waals surface area contributed by atoms with Crippen LogP contribution in [0.5, 0.6) is 5.75 Å². The summed E-state index contributed by atoms with van der Waals surface area (Å²) in [5.41, 5.74) is 6.30. The van der Waals surface area contributed by atoms with Gasteiger partial charge < -0.3 is 14.6 Å². The summed E-state index contributed by atoms with van der Waals surface area (Å²) in [7, 11) is -0.877. The number of methoxy groups -OCH3 is 1. The molecule has 1 amide bonds. The number of carbonyl (C=O) groups excluding carboxylic acids is 1. The molecule has 10 heteroatoms. The second kappa shape index (κ2) is 9.93. The first-order chi connectivity index (χ1) is 17.4. The van der Waals surface area contributed by atoms with Crippen molar-refractivity contribution in [1.29, 1.82) is 0 Å². The van der Waals surface area contributed by atoms with Crippen LogP contribution in [0.3, 0.4) is 0 Å². The maximum atomic E-state index is 12.3. The average Bonchev–Trinajstić information content (AvgIpc) is 3.51. The normalized spacial score (nSPS) is 15.0. The monoisotopic (exact) mass is 509 g/mol. The predicted octanol–water partition coefficient (Wildman–Crippen LogP) is 3.72. The van der Waals surface area contributed by atoms with Crippen LogP contribution in [-0.2, 0) is 15.5 Å². The van der Waals surface area contributed by atoms with Gasteiger partial charge in [-0.3, -0.25) is 4.79 Å². The lowest BCUT2D eigenvalue weighted by Crippen LogP contribution is -2.38. The van der Waals surface area contributed by atoms with E-state index < -0.39 is 10.7 Å². The van der Waals surface area contributed by atoms with Crippen molar-refractivity contribution in [2.24, 2.45) is 0 Å². The zero-order valence-electron chi connectivity index (χ0n) is 20.7. The van der Waals surface area contributed by atoms with E-state index in [2.05, 4.69) is 47.1 Å². The standard InChI is InChI=1S/C26H31N5O4S/c1-16(2)24-20-12-18(17-6-9-30(10-7-17)23(32)8-11-36(33)34)4-5-21(20)29-25(24)19-13-22(35-3)26-27-15-28-31(26)14-19/h4-5,12-17,29,36H,6-11H2,1-3H3. The number of aromatic amines is 1. The molecule has 36 heavy (non-hydrogen) atoms. The summed E-state index contributed by atoms with van der Waals surface area (Å²) in [5.74, 6) is 1.17. The van der Waals surface area contributed by atoms with Gasteiger partial charge >= 0.3 is 0 Å². The molecule has 0 saturated carbocycles. The lowest BCUT2D eigenvalue weighted by Gasteiger charge is -2.32. The molecular formula is C26H31N5O4S. The molecule has 4 heterocycles. The Hall–Kier alpha value is -3.40. The topological polar surface area (TPSA) is 110 Å². The fraction of sp³-hybridized carbons (Fsp3) is 0.423. The van der Waals surface area contributed by atoms with Gasteiger partial charge in [-0.05, 0) is 54.0 Å². The first-order valence-corrected chi connectivity index (χ1v) is 13.6. The summed E-state index contributed by atoms with van der Waals surface area (Å²) in [6, 6.07) is 8.61. The van der Waals surface area contributed by atoms with E-state index >= 15 is 0 Å². The number of pyridine rings is 1. The van der Waals surface area contributed by atoms with Crippen molar-refractivity contribution >= 4 is 33.2 Å². The molecule has 5 rings (SSSR count). The average molecular weight is 510 g/mol. The van der Waals surface area contributed by atoms with Crippen LogP contribution < -0.4 is 4.74 Å². The fourth-order valence-electron chi connectivity index (χ4n) is 5.30. The van der Waals surface area contributed by atoms with Crippen molar-refractivity contribution in [1.82, 2.24) is 24.5 Å². The molecule has 1 aromatic carbocycles. The second-order valence-electron chi connectivity index (χ2n) is 9.66. The number of carbonyl (C=O) groups is 1. The Morgan fingerprint density at radius 1 is 1.22 bits per heavy atom. The van der Waals surface area contributed by atoms with Gasteiger partial charge in [0, 0.05) is 42.2 Å². The highest BCUT2D eigenvalue weighted by atomic mass is 32.2. The van der Waals surface area contributed by atoms with E-state index in [0.29, 0.717) is 30.4 Å². The molecule has 0 spiro atoms. The van der Waals surface area contributed by atoms with E-state index in [1.807, 2.05) is 12.3 Å². The molecule has 9 nitrogen and oxygen atoms in total. The Morgan fingerprint density at radius 2 is 2.00 bits per heavy atom. The van der Waals surface area contributed by atoms with Gasteiger partial charge in [0.1, 0.15) is 17.0 Å². The Labute approximate surface area is 211 Å². The second-order valence-corrected chi connectivity index (χ2v) is 10.8. The minimum atomic E-state index is -2.51. The Morgan fingerprint density at radius 3 is 2.69 bits per heavy atom. The number of benzene rings is 1. The van der Waals surface area contributed by atoms with Crippen LogP contribution in [0.4, 0.5) is 0 Å². The third kappa shape index (κ3) is 4.57. The fourth-order valence-corrected chi connectivity index (χ4v) is 5.68. The molecule has 3 aromatic heterocycles. The van der Waals surface area contributed by atoms with Crippen LogP contribution in [-0.4, -0.2) is 64.8 Å². The number of aromatic nitrogens is 4. The summed E-state index contributed by atoms with van der Waals surface area (Å²) in [4.78, 5) is 22.0. The maximum Gasteiger partial charge on any atom is 0.223 e. The number of nitrogens with zero attached hydrogens (tertiary/aromatic N) is 4. The van der Waals surface area contributed by atoms with E-state index in [9.17, 15) is 13.2 Å². The molecule has 1 aliphatic rings. The highest BCUT2D eigenvalue weighted by Gasteiger charge is 2.25. The number of ether oxygens (including phenoxy) is 1. The number of hydrogen-bond acceptors (Lipinski definition) is 6. The molecule has 0 aliphatic carbocycles. The lowest BCUT2D eigenvalue weighted by molar-refractivity contribution is -0.131. The van der Waals surface area contributed by atoms with Gasteiger partial charge in [-0.15, -0.1) is 0 Å². The van der Waals surface area contributed by atoms with Crippen molar-refractivity contribution in [3.05, 3.63) is 47.9 Å². The van der Waals surface area contributed by atoms with Crippen LogP contribution in [0.2, 0.25) is 0 Å². The molecule has 1 aliphatic heterocycles. The molecule has 4 aromatic rings. The van der Waals surface area contributed by atoms with Crippen molar-refractivity contribution in [2.75, 3.05) is 26.0 Å². The molecule has 0 atom stereocenters. The highest BCUT2D eigenvalue weighted by molar-refractivity contribution is 7.72. The number of rotatable bonds is 7. The van der Waals surface area contributed by atoms with Gasteiger partial charge in [0.15, 0.2) is 11.4 Å². The summed E-state index contributed by atoms with van der Waals surface area (Å²) >= 11 is 0. The largest absolute Gasteiger partial charge is 0.493 e. The van der Waals surface area contributed by atoms with Crippen LogP contribution in [0.1, 0.15) is 56.1 Å². The first-order valence-electron chi connectivity index (χ1n) is 12.3. The first kappa shape index (κ1) is 24.3. The maximum absolute atomic E-state index is 12.3. The molecular weight excluding hydrogens is 478 g/mol. The summed E-state index contributed by atoms with van der Waals surface area (Å²) in [6.45, 7) is 5.71. The third-order valence-electron chi connectivity index (χ3n) is 7.12. The van der Waals surface area contributed by atoms with Gasteiger partial charge in [0.2, 0.25) is 5.91 Å². The van der Waals surface area contributed by atoms with Gasteiger partial charge in [0.25, 0.3) is 0 Å². The SMILES string of the molecule is COc1cc(-c2[nH]c3ccc(C4CCN(C(=O)CC[SH](=O)=O)CC4)cc3c2C(C)C)cn2ncnc12. The zero-order chi connectivity index (χ0) is 25.4. The van der Waals surface area contributed by atoms with Crippen molar-refractivity contribution < 1.29 is 17.9 Å². The van der Waals surface area contributed by atoms with E-state index in [1.54, 1.807) is 16.5 Å². The van der Waals surface area contributed by atoms with Crippen LogP contribution in [0.15, 0.2) is 36.8 Å². The number of nitrogens with one attached hydrogen (secondary N) is 1. The number of amides is 1. The summed E-state index contributed by atoms with van der Waals surface area (Å²) in [6.07, 6.45) is 5.31. The van der Waals surface area contributed by atoms with E-state index in [-0.39, 0.29) is 24.0 Å². The summed E-state index contributed by atoms with van der Waals surface area (Å²) < 4.78 is 29.0. The molecule has 1 N–H and O–H groups in total. The van der Waals surface area contributed by atoms with Crippen molar-refractivity contribution in [3.8, 4) is 17.0 Å². The smallest absolute Gasteiger partial charge is 0.223 e. The summed E-state index contributed by atoms with van der Waals surface area (Å²) in [5, 5.41) is 5.51. The van der Waals surface area contributed by atoms with Crippen LogP contribution in [0.25, 0.3) is 27.8 Å². The molecule has 1 fully saturated rings.